The number of halogens is 2. The Kier molecular flexibility index (Phi) is 10.5. The summed E-state index contributed by atoms with van der Waals surface area (Å²) in [6, 6.07) is 12.7. The van der Waals surface area contributed by atoms with Crippen molar-refractivity contribution < 1.29 is 27.8 Å². The van der Waals surface area contributed by atoms with Crippen molar-refractivity contribution in [1.29, 1.82) is 0 Å². The lowest BCUT2D eigenvalue weighted by Crippen LogP contribution is -2.50. The van der Waals surface area contributed by atoms with E-state index in [-0.39, 0.29) is 42.1 Å². The number of fused-ring (bicyclic) bond motifs is 1. The number of aromatic nitrogens is 4. The molecule has 5 rings (SSSR count). The van der Waals surface area contributed by atoms with E-state index in [1.807, 2.05) is 0 Å². The van der Waals surface area contributed by atoms with E-state index in [1.165, 1.54) is 56.4 Å². The van der Waals surface area contributed by atoms with Gasteiger partial charge in [0, 0.05) is 51.9 Å². The molecule has 0 aliphatic carbocycles. The van der Waals surface area contributed by atoms with Gasteiger partial charge in [-0.05, 0) is 35.4 Å². The van der Waals surface area contributed by atoms with Crippen LogP contribution in [0.5, 0.6) is 0 Å². The Morgan fingerprint density at radius 3 is 2.16 bits per heavy atom. The predicted octanol–water partition coefficient (Wildman–Crippen LogP) is 4.10. The van der Waals surface area contributed by atoms with Crippen molar-refractivity contribution in [3.05, 3.63) is 83.9 Å². The zero-order valence-corrected chi connectivity index (χ0v) is 25.4. The van der Waals surface area contributed by atoms with Gasteiger partial charge < -0.3 is 14.0 Å². The van der Waals surface area contributed by atoms with Gasteiger partial charge in [0.05, 0.1) is 25.9 Å². The van der Waals surface area contributed by atoms with Crippen LogP contribution in [0.25, 0.3) is 11.2 Å². The minimum atomic E-state index is -0.388. The van der Waals surface area contributed by atoms with Crippen LogP contribution in [0.4, 0.5) is 8.78 Å². The maximum atomic E-state index is 13.7. The second kappa shape index (κ2) is 14.7. The van der Waals surface area contributed by atoms with Crippen LogP contribution in [0.3, 0.4) is 0 Å². The summed E-state index contributed by atoms with van der Waals surface area (Å²) < 4.78 is 39.6. The molecule has 1 unspecified atom stereocenters. The molecule has 13 heteroatoms. The molecule has 0 N–H and O–H groups in total. The molecule has 0 amide bonds. The van der Waals surface area contributed by atoms with Crippen LogP contribution in [0, 0.1) is 11.6 Å². The van der Waals surface area contributed by atoms with Crippen molar-refractivity contribution in [3.63, 3.8) is 0 Å². The maximum Gasteiger partial charge on any atom is 0.307 e. The predicted molar refractivity (Wildman–Crippen MR) is 161 cm³/mol. The normalized spacial score (nSPS) is 15.0. The van der Waals surface area contributed by atoms with E-state index in [0.717, 1.165) is 37.3 Å². The number of imidazole rings is 1. The molecule has 1 aliphatic rings. The van der Waals surface area contributed by atoms with Crippen molar-refractivity contribution in [2.24, 2.45) is 0 Å². The fraction of sp³-hybridized carbons (Fsp3) is 0.387. The number of hydrogen-bond acceptors (Lipinski definition) is 10. The number of rotatable bonds is 12. The number of esters is 2. The van der Waals surface area contributed by atoms with Crippen LogP contribution < -0.4 is 0 Å². The van der Waals surface area contributed by atoms with Gasteiger partial charge in [0.15, 0.2) is 5.65 Å². The van der Waals surface area contributed by atoms with E-state index in [4.69, 9.17) is 9.47 Å². The van der Waals surface area contributed by atoms with Gasteiger partial charge in [0.2, 0.25) is 0 Å². The zero-order chi connectivity index (χ0) is 31.1. The topological polar surface area (TPSA) is 103 Å². The van der Waals surface area contributed by atoms with E-state index in [1.54, 1.807) is 35.2 Å². The zero-order valence-electron chi connectivity index (χ0n) is 24.6. The number of methoxy groups -OCH3 is 1. The minimum absolute atomic E-state index is 0.147. The summed E-state index contributed by atoms with van der Waals surface area (Å²) in [7, 11) is 1.35. The standard InChI is InChI=1S/C31H34F2N6O4S/c1-21(40)43-26(18-44-31-28-30(34-19-35-31)39(20-36-28)12-11-27(41)42-2)17-37-13-15-38(16-14-37)29(22-3-7-24(32)8-4-22)23-5-9-25(33)10-6-23/h3-10,19-20,26,29H,11-18H2,1-2H3. The molecule has 10 nitrogen and oxygen atoms in total. The number of carbonyl (C=O) groups excluding carboxylic acids is 2. The molecule has 1 saturated heterocycles. The molecule has 0 saturated carbocycles. The molecule has 2 aromatic carbocycles. The SMILES string of the molecule is COC(=O)CCn1cnc2c(SCC(CN3CCN(C(c4ccc(F)cc4)c4ccc(F)cc4)CC3)OC(C)=O)ncnc21. The number of thioether (sulfide) groups is 1. The number of nitrogens with zero attached hydrogens (tertiary/aromatic N) is 6. The molecule has 1 atom stereocenters. The fourth-order valence-corrected chi connectivity index (χ4v) is 6.29. The summed E-state index contributed by atoms with van der Waals surface area (Å²) in [5.74, 6) is -0.820. The Morgan fingerprint density at radius 2 is 1.57 bits per heavy atom. The third kappa shape index (κ3) is 7.96. The van der Waals surface area contributed by atoms with Gasteiger partial charge in [-0.25, -0.2) is 23.7 Å². The molecule has 4 aromatic rings. The van der Waals surface area contributed by atoms with Crippen LogP contribution in [-0.2, 0) is 25.6 Å². The van der Waals surface area contributed by atoms with Crippen molar-refractivity contribution >= 4 is 34.9 Å². The third-order valence-corrected chi connectivity index (χ3v) is 8.61. The molecule has 3 heterocycles. The van der Waals surface area contributed by atoms with Crippen LogP contribution in [-0.4, -0.2) is 92.9 Å². The monoisotopic (exact) mass is 624 g/mol. The molecule has 44 heavy (non-hydrogen) atoms. The molecular weight excluding hydrogens is 590 g/mol. The number of piperazine rings is 1. The second-order valence-electron chi connectivity index (χ2n) is 10.5. The van der Waals surface area contributed by atoms with Crippen LogP contribution >= 0.6 is 11.8 Å². The number of benzene rings is 2. The van der Waals surface area contributed by atoms with Gasteiger partial charge in [-0.15, -0.1) is 11.8 Å². The highest BCUT2D eigenvalue weighted by molar-refractivity contribution is 7.99. The molecular formula is C31H34F2N6O4S. The molecule has 0 radical (unpaired) electrons. The van der Waals surface area contributed by atoms with Gasteiger partial charge in [0.1, 0.15) is 34.6 Å². The Labute approximate surface area is 258 Å². The average Bonchev–Trinajstić information content (AvgIpc) is 3.45. The van der Waals surface area contributed by atoms with E-state index in [2.05, 4.69) is 24.8 Å². The van der Waals surface area contributed by atoms with Crippen LogP contribution in [0.1, 0.15) is 30.5 Å². The molecule has 1 fully saturated rings. The van der Waals surface area contributed by atoms with Crippen molar-refractivity contribution in [2.75, 3.05) is 45.6 Å². The average molecular weight is 625 g/mol. The van der Waals surface area contributed by atoms with Crippen molar-refractivity contribution in [3.8, 4) is 0 Å². The Hall–Kier alpha value is -3.94. The first-order valence-electron chi connectivity index (χ1n) is 14.3. The molecule has 0 spiro atoms. The largest absolute Gasteiger partial charge is 0.469 e. The van der Waals surface area contributed by atoms with Crippen LogP contribution in [0.2, 0.25) is 0 Å². The molecule has 232 valence electrons. The Bertz CT molecular complexity index is 1520. The van der Waals surface area contributed by atoms with Gasteiger partial charge in [-0.3, -0.25) is 19.4 Å². The van der Waals surface area contributed by atoms with Crippen molar-refractivity contribution in [2.45, 2.75) is 37.1 Å². The Balaban J connectivity index is 1.23. The number of aryl methyl sites for hydroxylation is 1. The first kappa shape index (κ1) is 31.5. The van der Waals surface area contributed by atoms with Gasteiger partial charge in [-0.2, -0.15) is 0 Å². The van der Waals surface area contributed by atoms with Crippen LogP contribution in [0.15, 0.2) is 66.2 Å². The molecule has 0 bridgehead atoms. The van der Waals surface area contributed by atoms with E-state index >= 15 is 0 Å². The lowest BCUT2D eigenvalue weighted by atomic mass is 9.96. The lowest BCUT2D eigenvalue weighted by molar-refractivity contribution is -0.146. The molecule has 2 aromatic heterocycles. The van der Waals surface area contributed by atoms with Gasteiger partial charge in [0.25, 0.3) is 0 Å². The smallest absolute Gasteiger partial charge is 0.307 e. The summed E-state index contributed by atoms with van der Waals surface area (Å²) in [4.78, 5) is 41.3. The fourth-order valence-electron chi connectivity index (χ4n) is 5.37. The van der Waals surface area contributed by atoms with E-state index < -0.39 is 0 Å². The number of carbonyl (C=O) groups is 2. The first-order chi connectivity index (χ1) is 21.3. The van der Waals surface area contributed by atoms with Crippen molar-refractivity contribution in [1.82, 2.24) is 29.3 Å². The van der Waals surface area contributed by atoms with Gasteiger partial charge in [-0.1, -0.05) is 24.3 Å². The van der Waals surface area contributed by atoms with E-state index in [0.29, 0.717) is 35.0 Å². The maximum absolute atomic E-state index is 13.7. The quantitative estimate of drug-likeness (QED) is 0.130. The van der Waals surface area contributed by atoms with Gasteiger partial charge >= 0.3 is 11.9 Å². The summed E-state index contributed by atoms with van der Waals surface area (Å²) in [5.41, 5.74) is 3.10. The number of hydrogen-bond donors (Lipinski definition) is 0. The highest BCUT2D eigenvalue weighted by Crippen LogP contribution is 2.31. The molecule has 1 aliphatic heterocycles. The summed E-state index contributed by atoms with van der Waals surface area (Å²) >= 11 is 1.44. The Morgan fingerprint density at radius 1 is 0.932 bits per heavy atom. The summed E-state index contributed by atoms with van der Waals surface area (Å²) in [6.07, 6.45) is 2.89. The highest BCUT2D eigenvalue weighted by Gasteiger charge is 2.28. The third-order valence-electron chi connectivity index (χ3n) is 7.50. The first-order valence-corrected chi connectivity index (χ1v) is 15.3. The highest BCUT2D eigenvalue weighted by atomic mass is 32.2. The summed E-state index contributed by atoms with van der Waals surface area (Å²) in [6.45, 7) is 5.21. The van der Waals surface area contributed by atoms with E-state index in [9.17, 15) is 18.4 Å². The number of ether oxygens (including phenoxy) is 2. The lowest BCUT2D eigenvalue weighted by Gasteiger charge is -2.40. The second-order valence-corrected chi connectivity index (χ2v) is 11.5. The summed E-state index contributed by atoms with van der Waals surface area (Å²) in [5, 5.41) is 0.662. The minimum Gasteiger partial charge on any atom is -0.469 e.